The van der Waals surface area contributed by atoms with Crippen molar-refractivity contribution in [2.45, 2.75) is 46.6 Å². The maximum atomic E-state index is 6.25. The molecule has 0 saturated heterocycles. The van der Waals surface area contributed by atoms with Crippen molar-refractivity contribution >= 4 is 11.6 Å². The molecular formula is C14H23ClN2. The van der Waals surface area contributed by atoms with Crippen LogP contribution in [0.3, 0.4) is 0 Å². The van der Waals surface area contributed by atoms with E-state index in [0.717, 1.165) is 30.4 Å². The molecule has 0 fully saturated rings. The molecule has 3 heteroatoms. The lowest BCUT2D eigenvalue weighted by atomic mass is 10.1. The first-order valence-electron chi connectivity index (χ1n) is 6.45. The van der Waals surface area contributed by atoms with Crippen LogP contribution in [0.15, 0.2) is 12.3 Å². The van der Waals surface area contributed by atoms with Gasteiger partial charge in [-0.3, -0.25) is 9.88 Å². The molecule has 1 aromatic rings. The molecule has 1 rings (SSSR count). The van der Waals surface area contributed by atoms with Gasteiger partial charge < -0.3 is 0 Å². The summed E-state index contributed by atoms with van der Waals surface area (Å²) in [6.45, 7) is 11.8. The zero-order valence-electron chi connectivity index (χ0n) is 11.3. The van der Waals surface area contributed by atoms with Gasteiger partial charge >= 0.3 is 0 Å². The first-order chi connectivity index (χ1) is 8.08. The third-order valence-electron chi connectivity index (χ3n) is 2.87. The van der Waals surface area contributed by atoms with Crippen LogP contribution >= 0.6 is 11.6 Å². The summed E-state index contributed by atoms with van der Waals surface area (Å²) in [5.41, 5.74) is 2.20. The molecule has 0 saturated carbocycles. The molecule has 0 spiro atoms. The molecule has 0 aliphatic carbocycles. The maximum absolute atomic E-state index is 6.25. The Labute approximate surface area is 110 Å². The van der Waals surface area contributed by atoms with Crippen LogP contribution in [-0.4, -0.2) is 23.0 Å². The van der Waals surface area contributed by atoms with Crippen LogP contribution in [-0.2, 0) is 6.54 Å². The predicted octanol–water partition coefficient (Wildman–Crippen LogP) is 4.09. The molecule has 1 aromatic heterocycles. The van der Waals surface area contributed by atoms with Crippen molar-refractivity contribution in [3.05, 3.63) is 28.5 Å². The number of aromatic nitrogens is 1. The van der Waals surface area contributed by atoms with Crippen LogP contribution in [0.4, 0.5) is 0 Å². The Hall–Kier alpha value is -0.600. The summed E-state index contributed by atoms with van der Waals surface area (Å²) in [6, 6.07) is 2.06. The summed E-state index contributed by atoms with van der Waals surface area (Å²) < 4.78 is 0. The minimum Gasteiger partial charge on any atom is -0.299 e. The summed E-state index contributed by atoms with van der Waals surface area (Å²) in [7, 11) is 0. The summed E-state index contributed by atoms with van der Waals surface area (Å²) in [5.74, 6) is 0.384. The Balaban J connectivity index is 2.76. The summed E-state index contributed by atoms with van der Waals surface area (Å²) in [6.07, 6.45) is 3.14. The minimum absolute atomic E-state index is 0.384. The molecule has 0 aliphatic rings. The van der Waals surface area contributed by atoms with E-state index in [2.05, 4.69) is 43.6 Å². The van der Waals surface area contributed by atoms with Gasteiger partial charge in [0.05, 0.1) is 10.7 Å². The molecule has 96 valence electrons. The lowest BCUT2D eigenvalue weighted by Gasteiger charge is -2.20. The Bertz CT molecular complexity index is 350. The largest absolute Gasteiger partial charge is 0.299 e. The zero-order chi connectivity index (χ0) is 12.8. The van der Waals surface area contributed by atoms with Crippen LogP contribution in [0.25, 0.3) is 0 Å². The molecule has 0 amide bonds. The molecule has 0 bridgehead atoms. The van der Waals surface area contributed by atoms with E-state index < -0.39 is 0 Å². The molecule has 0 radical (unpaired) electrons. The van der Waals surface area contributed by atoms with Crippen LogP contribution in [0.2, 0.25) is 5.02 Å². The predicted molar refractivity (Wildman–Crippen MR) is 74.6 cm³/mol. The minimum atomic E-state index is 0.384. The fourth-order valence-electron chi connectivity index (χ4n) is 1.92. The van der Waals surface area contributed by atoms with Crippen LogP contribution in [0.5, 0.6) is 0 Å². The van der Waals surface area contributed by atoms with Gasteiger partial charge in [0.1, 0.15) is 0 Å². The van der Waals surface area contributed by atoms with Crippen molar-refractivity contribution in [2.75, 3.05) is 13.1 Å². The lowest BCUT2D eigenvalue weighted by molar-refractivity contribution is 0.280. The Morgan fingerprint density at radius 1 is 1.35 bits per heavy atom. The van der Waals surface area contributed by atoms with Crippen molar-refractivity contribution in [3.8, 4) is 0 Å². The van der Waals surface area contributed by atoms with E-state index in [9.17, 15) is 0 Å². The second kappa shape index (κ2) is 6.97. The van der Waals surface area contributed by atoms with Gasteiger partial charge in [-0.25, -0.2) is 0 Å². The number of nitrogens with zero attached hydrogens (tertiary/aromatic N) is 2. The highest BCUT2D eigenvalue weighted by Crippen LogP contribution is 2.23. The highest BCUT2D eigenvalue weighted by molar-refractivity contribution is 6.31. The molecular weight excluding hydrogens is 232 g/mol. The second-order valence-electron chi connectivity index (χ2n) is 4.73. The molecule has 0 N–H and O–H groups in total. The first kappa shape index (κ1) is 14.5. The fraction of sp³-hybridized carbons (Fsp3) is 0.643. The third kappa shape index (κ3) is 4.29. The van der Waals surface area contributed by atoms with E-state index >= 15 is 0 Å². The highest BCUT2D eigenvalue weighted by atomic mass is 35.5. The molecule has 0 atom stereocenters. The SMILES string of the molecule is CCCN(CC)Cc1cnc(C(C)C)c(Cl)c1. The van der Waals surface area contributed by atoms with Gasteiger partial charge in [0, 0.05) is 12.7 Å². The van der Waals surface area contributed by atoms with E-state index in [1.54, 1.807) is 0 Å². The Morgan fingerprint density at radius 2 is 2.06 bits per heavy atom. The monoisotopic (exact) mass is 254 g/mol. The standard InChI is InChI=1S/C14H23ClN2/c1-5-7-17(6-2)10-12-8-13(15)14(11(3)4)16-9-12/h8-9,11H,5-7,10H2,1-4H3. The van der Waals surface area contributed by atoms with E-state index in [-0.39, 0.29) is 0 Å². The average molecular weight is 255 g/mol. The number of rotatable bonds is 6. The van der Waals surface area contributed by atoms with Crippen LogP contribution < -0.4 is 0 Å². The first-order valence-corrected chi connectivity index (χ1v) is 6.82. The maximum Gasteiger partial charge on any atom is 0.0627 e. The van der Waals surface area contributed by atoms with Crippen molar-refractivity contribution < 1.29 is 0 Å². The van der Waals surface area contributed by atoms with Crippen molar-refractivity contribution in [1.82, 2.24) is 9.88 Å². The number of pyridine rings is 1. The molecule has 0 aliphatic heterocycles. The van der Waals surface area contributed by atoms with Crippen molar-refractivity contribution in [2.24, 2.45) is 0 Å². The van der Waals surface area contributed by atoms with E-state index in [1.807, 2.05) is 6.20 Å². The van der Waals surface area contributed by atoms with E-state index in [1.165, 1.54) is 12.0 Å². The van der Waals surface area contributed by atoms with Crippen LogP contribution in [0.1, 0.15) is 51.3 Å². The lowest BCUT2D eigenvalue weighted by Crippen LogP contribution is -2.23. The van der Waals surface area contributed by atoms with Gasteiger partial charge in [-0.05, 0) is 37.1 Å². The fourth-order valence-corrected chi connectivity index (χ4v) is 2.33. The topological polar surface area (TPSA) is 16.1 Å². The van der Waals surface area contributed by atoms with Gasteiger partial charge in [0.2, 0.25) is 0 Å². The van der Waals surface area contributed by atoms with Gasteiger partial charge in [-0.1, -0.05) is 39.3 Å². The van der Waals surface area contributed by atoms with Crippen molar-refractivity contribution in [1.29, 1.82) is 0 Å². The summed E-state index contributed by atoms with van der Waals surface area (Å²) in [4.78, 5) is 6.87. The number of hydrogen-bond donors (Lipinski definition) is 0. The van der Waals surface area contributed by atoms with Crippen LogP contribution in [0, 0.1) is 0 Å². The number of halogens is 1. The Morgan fingerprint density at radius 3 is 2.53 bits per heavy atom. The third-order valence-corrected chi connectivity index (χ3v) is 3.17. The normalized spacial score (nSPS) is 11.5. The summed E-state index contributed by atoms with van der Waals surface area (Å²) >= 11 is 6.25. The second-order valence-corrected chi connectivity index (χ2v) is 5.14. The van der Waals surface area contributed by atoms with E-state index in [0.29, 0.717) is 5.92 Å². The smallest absolute Gasteiger partial charge is 0.0627 e. The molecule has 2 nitrogen and oxygen atoms in total. The van der Waals surface area contributed by atoms with Crippen molar-refractivity contribution in [3.63, 3.8) is 0 Å². The molecule has 0 unspecified atom stereocenters. The van der Waals surface area contributed by atoms with Gasteiger partial charge in [-0.15, -0.1) is 0 Å². The molecule has 1 heterocycles. The molecule has 17 heavy (non-hydrogen) atoms. The van der Waals surface area contributed by atoms with Gasteiger partial charge in [0.15, 0.2) is 0 Å². The van der Waals surface area contributed by atoms with Gasteiger partial charge in [0.25, 0.3) is 0 Å². The molecule has 0 aromatic carbocycles. The summed E-state index contributed by atoms with van der Waals surface area (Å²) in [5, 5.41) is 0.796. The number of hydrogen-bond acceptors (Lipinski definition) is 2. The zero-order valence-corrected chi connectivity index (χ0v) is 12.1. The average Bonchev–Trinajstić information content (AvgIpc) is 2.28. The highest BCUT2D eigenvalue weighted by Gasteiger charge is 2.09. The van der Waals surface area contributed by atoms with Gasteiger partial charge in [-0.2, -0.15) is 0 Å². The Kier molecular flexibility index (Phi) is 5.93. The quantitative estimate of drug-likeness (QED) is 0.760. The van der Waals surface area contributed by atoms with E-state index in [4.69, 9.17) is 11.6 Å².